The Balaban J connectivity index is 1.03. The fraction of sp³-hybridized carbons (Fsp3) is 0.120. The molecule has 1 saturated heterocycles. The second kappa shape index (κ2) is 10.2. The van der Waals surface area contributed by atoms with Gasteiger partial charge in [0.1, 0.15) is 28.5 Å². The average Bonchev–Trinajstić information content (AvgIpc) is 3.54. The highest BCUT2D eigenvalue weighted by molar-refractivity contribution is 7.99. The minimum absolute atomic E-state index is 0.0746. The lowest BCUT2D eigenvalue weighted by Crippen LogP contribution is -2.56. The fourth-order valence-electron chi connectivity index (χ4n) is 3.85. The van der Waals surface area contributed by atoms with Gasteiger partial charge in [0, 0.05) is 40.7 Å². The van der Waals surface area contributed by atoms with Crippen molar-refractivity contribution in [3.8, 4) is 0 Å². The van der Waals surface area contributed by atoms with Gasteiger partial charge in [-0.3, -0.25) is 9.89 Å². The van der Waals surface area contributed by atoms with Gasteiger partial charge in [0.05, 0.1) is 6.04 Å². The van der Waals surface area contributed by atoms with E-state index in [-0.39, 0.29) is 17.8 Å². The molecule has 3 aromatic heterocycles. The summed E-state index contributed by atoms with van der Waals surface area (Å²) in [5, 5.41) is 18.6. The molecule has 0 aliphatic carbocycles. The number of nitrogens with zero attached hydrogens (tertiary/aromatic N) is 5. The summed E-state index contributed by atoms with van der Waals surface area (Å²) in [5.74, 6) is 1.02. The van der Waals surface area contributed by atoms with Crippen molar-refractivity contribution in [2.45, 2.75) is 20.9 Å². The van der Waals surface area contributed by atoms with Gasteiger partial charge in [-0.2, -0.15) is 10.2 Å². The predicted molar refractivity (Wildman–Crippen MR) is 141 cm³/mol. The summed E-state index contributed by atoms with van der Waals surface area (Å²) in [6.07, 6.45) is 3.34. The standard InChI is InChI=1S/C25H21FN8OS2/c26-17-6-8-19(9-7-17)37-33-13-18(14-33)29-25(35)16-3-1-4-20(11-16)36-23-12-22(31-32-23)30-24-21-5-2-10-34(21)28-15-27-24/h1-12,15,18H,13-14H2,(H,29,35)(H2,27,28,30,31,32). The number of anilines is 2. The molecule has 3 N–H and O–H groups in total. The number of hydrogen-bond acceptors (Lipinski definition) is 8. The quantitative estimate of drug-likeness (QED) is 0.249. The summed E-state index contributed by atoms with van der Waals surface area (Å²) in [7, 11) is 0. The molecule has 0 atom stereocenters. The van der Waals surface area contributed by atoms with Gasteiger partial charge < -0.3 is 10.6 Å². The van der Waals surface area contributed by atoms with E-state index in [9.17, 15) is 9.18 Å². The van der Waals surface area contributed by atoms with Gasteiger partial charge in [-0.25, -0.2) is 18.2 Å². The van der Waals surface area contributed by atoms with Crippen molar-refractivity contribution in [1.82, 2.24) is 34.4 Å². The van der Waals surface area contributed by atoms with Crippen LogP contribution in [0.2, 0.25) is 0 Å². The number of H-pyrrole nitrogens is 1. The summed E-state index contributed by atoms with van der Waals surface area (Å²) in [6, 6.07) is 19.7. The van der Waals surface area contributed by atoms with Crippen LogP contribution in [0.25, 0.3) is 5.52 Å². The smallest absolute Gasteiger partial charge is 0.251 e. The van der Waals surface area contributed by atoms with Crippen molar-refractivity contribution < 1.29 is 9.18 Å². The Hall–Kier alpha value is -3.87. The van der Waals surface area contributed by atoms with Crippen molar-refractivity contribution in [2.75, 3.05) is 18.4 Å². The monoisotopic (exact) mass is 532 g/mol. The Labute approximate surface area is 220 Å². The molecule has 5 aromatic rings. The average molecular weight is 533 g/mol. The molecule has 1 aliphatic heterocycles. The van der Waals surface area contributed by atoms with E-state index in [1.54, 1.807) is 34.7 Å². The molecule has 1 aliphatic rings. The van der Waals surface area contributed by atoms with Crippen LogP contribution in [-0.2, 0) is 0 Å². The van der Waals surface area contributed by atoms with E-state index in [1.165, 1.54) is 30.2 Å². The highest BCUT2D eigenvalue weighted by atomic mass is 32.2. The Morgan fingerprint density at radius 2 is 1.92 bits per heavy atom. The molecule has 0 saturated carbocycles. The molecule has 0 bridgehead atoms. The molecule has 1 fully saturated rings. The molecule has 2 aromatic carbocycles. The minimum atomic E-state index is -0.247. The van der Waals surface area contributed by atoms with Crippen molar-refractivity contribution in [2.24, 2.45) is 0 Å². The van der Waals surface area contributed by atoms with Crippen LogP contribution in [0.15, 0.2) is 94.1 Å². The third-order valence-electron chi connectivity index (χ3n) is 5.69. The van der Waals surface area contributed by atoms with E-state index in [0.717, 1.165) is 33.4 Å². The third-order valence-corrected chi connectivity index (χ3v) is 7.64. The van der Waals surface area contributed by atoms with Crippen LogP contribution in [-0.4, -0.2) is 54.1 Å². The maximum Gasteiger partial charge on any atom is 0.251 e. The van der Waals surface area contributed by atoms with Crippen LogP contribution in [0.1, 0.15) is 10.4 Å². The minimum Gasteiger partial charge on any atom is -0.347 e. The normalized spacial score (nSPS) is 14.0. The zero-order valence-electron chi connectivity index (χ0n) is 19.3. The summed E-state index contributed by atoms with van der Waals surface area (Å²) in [6.45, 7) is 1.46. The van der Waals surface area contributed by atoms with E-state index >= 15 is 0 Å². The first kappa shape index (κ1) is 23.5. The molecule has 186 valence electrons. The number of amides is 1. The highest BCUT2D eigenvalue weighted by Crippen LogP contribution is 2.30. The van der Waals surface area contributed by atoms with E-state index in [4.69, 9.17) is 0 Å². The van der Waals surface area contributed by atoms with Crippen molar-refractivity contribution in [3.05, 3.63) is 90.6 Å². The molecule has 0 unspecified atom stereocenters. The van der Waals surface area contributed by atoms with Crippen molar-refractivity contribution in [1.29, 1.82) is 0 Å². The zero-order chi connectivity index (χ0) is 25.2. The lowest BCUT2D eigenvalue weighted by atomic mass is 10.1. The number of benzene rings is 2. The number of fused-ring (bicyclic) bond motifs is 1. The second-order valence-electron chi connectivity index (χ2n) is 8.38. The number of aromatic amines is 1. The predicted octanol–water partition coefficient (Wildman–Crippen LogP) is 4.61. The van der Waals surface area contributed by atoms with E-state index in [2.05, 4.69) is 35.2 Å². The molecule has 6 rings (SSSR count). The number of aromatic nitrogens is 5. The van der Waals surface area contributed by atoms with E-state index < -0.39 is 0 Å². The van der Waals surface area contributed by atoms with Gasteiger partial charge in [-0.15, -0.1) is 0 Å². The summed E-state index contributed by atoms with van der Waals surface area (Å²) < 4.78 is 16.9. The van der Waals surface area contributed by atoms with Crippen molar-refractivity contribution >= 4 is 46.8 Å². The van der Waals surface area contributed by atoms with Crippen LogP contribution in [0.4, 0.5) is 16.0 Å². The van der Waals surface area contributed by atoms with Gasteiger partial charge in [-0.05, 0) is 66.5 Å². The molecule has 0 radical (unpaired) electrons. The largest absolute Gasteiger partial charge is 0.347 e. The van der Waals surface area contributed by atoms with Gasteiger partial charge >= 0.3 is 0 Å². The molecular formula is C25H21FN8OS2. The Morgan fingerprint density at radius 1 is 1.05 bits per heavy atom. The number of nitrogens with one attached hydrogen (secondary N) is 3. The Bertz CT molecular complexity index is 1550. The molecular weight excluding hydrogens is 511 g/mol. The van der Waals surface area contributed by atoms with Gasteiger partial charge in [0.15, 0.2) is 5.82 Å². The third kappa shape index (κ3) is 5.45. The lowest BCUT2D eigenvalue weighted by Gasteiger charge is -2.38. The fourth-order valence-corrected chi connectivity index (χ4v) is 5.76. The Morgan fingerprint density at radius 3 is 2.78 bits per heavy atom. The van der Waals surface area contributed by atoms with Crippen LogP contribution in [0, 0.1) is 5.82 Å². The number of rotatable bonds is 8. The Kier molecular flexibility index (Phi) is 6.51. The lowest BCUT2D eigenvalue weighted by molar-refractivity contribution is 0.0901. The molecule has 1 amide bonds. The molecule has 9 nitrogen and oxygen atoms in total. The topological polar surface area (TPSA) is 103 Å². The number of hydrogen-bond donors (Lipinski definition) is 3. The number of carbonyl (C=O) groups is 1. The molecule has 37 heavy (non-hydrogen) atoms. The van der Waals surface area contributed by atoms with Gasteiger partial charge in [0.2, 0.25) is 0 Å². The van der Waals surface area contributed by atoms with Crippen LogP contribution in [0.3, 0.4) is 0 Å². The van der Waals surface area contributed by atoms with Gasteiger partial charge in [0.25, 0.3) is 5.91 Å². The number of halogens is 1. The first-order valence-corrected chi connectivity index (χ1v) is 13.1. The van der Waals surface area contributed by atoms with Crippen LogP contribution >= 0.6 is 23.7 Å². The van der Waals surface area contributed by atoms with Gasteiger partial charge in [-0.1, -0.05) is 17.8 Å². The second-order valence-corrected chi connectivity index (χ2v) is 10.6. The number of carbonyl (C=O) groups excluding carboxylic acids is 1. The first-order chi connectivity index (χ1) is 18.1. The van der Waals surface area contributed by atoms with Crippen LogP contribution < -0.4 is 10.6 Å². The SMILES string of the molecule is O=C(NC1CN(Sc2ccc(F)cc2)C1)c1cccc(Sc2cc(Nc3ncnn4cccc34)[nH]n2)c1. The maximum absolute atomic E-state index is 13.1. The molecule has 12 heteroatoms. The zero-order valence-corrected chi connectivity index (χ0v) is 21.0. The maximum atomic E-state index is 13.1. The van der Waals surface area contributed by atoms with E-state index in [0.29, 0.717) is 17.2 Å². The van der Waals surface area contributed by atoms with Crippen LogP contribution in [0.5, 0.6) is 0 Å². The highest BCUT2D eigenvalue weighted by Gasteiger charge is 2.29. The first-order valence-electron chi connectivity index (χ1n) is 11.5. The molecule has 0 spiro atoms. The summed E-state index contributed by atoms with van der Waals surface area (Å²) in [4.78, 5) is 19.0. The molecule has 4 heterocycles. The summed E-state index contributed by atoms with van der Waals surface area (Å²) >= 11 is 3.02. The summed E-state index contributed by atoms with van der Waals surface area (Å²) in [5.41, 5.74) is 1.45. The van der Waals surface area contributed by atoms with E-state index in [1.807, 2.05) is 42.6 Å². The van der Waals surface area contributed by atoms with Crippen molar-refractivity contribution in [3.63, 3.8) is 0 Å².